The summed E-state index contributed by atoms with van der Waals surface area (Å²) in [6.07, 6.45) is 0. The third-order valence-electron chi connectivity index (χ3n) is 4.08. The van der Waals surface area contributed by atoms with Crippen molar-refractivity contribution >= 4 is 21.8 Å². The largest absolute Gasteiger partial charge is 0.497 e. The zero-order chi connectivity index (χ0) is 20.7. The molecule has 0 saturated heterocycles. The van der Waals surface area contributed by atoms with Crippen LogP contribution in [0.15, 0.2) is 48.5 Å². The van der Waals surface area contributed by atoms with E-state index in [4.69, 9.17) is 8.92 Å². The Morgan fingerprint density at radius 3 is 2.11 bits per heavy atom. The molecule has 28 heavy (non-hydrogen) atoms. The number of urea groups is 1. The first-order chi connectivity index (χ1) is 13.2. The number of methoxy groups -OCH3 is 1. The van der Waals surface area contributed by atoms with Crippen LogP contribution in [-0.4, -0.2) is 38.3 Å². The first-order valence-corrected chi connectivity index (χ1v) is 10.5. The van der Waals surface area contributed by atoms with Gasteiger partial charge in [0.05, 0.1) is 12.9 Å². The molecule has 1 N–H and O–H groups in total. The number of anilines is 1. The summed E-state index contributed by atoms with van der Waals surface area (Å²) >= 11 is 0. The van der Waals surface area contributed by atoms with Crippen LogP contribution < -0.4 is 14.2 Å². The Kier molecular flexibility index (Phi) is 7.28. The molecule has 2 aromatic carbocycles. The predicted octanol–water partition coefficient (Wildman–Crippen LogP) is 3.87. The summed E-state index contributed by atoms with van der Waals surface area (Å²) in [5.74, 6) is 0.872. The summed E-state index contributed by atoms with van der Waals surface area (Å²) in [7, 11) is -1.97. The van der Waals surface area contributed by atoms with E-state index in [1.165, 1.54) is 6.92 Å². The molecule has 0 aliphatic carbocycles. The zero-order valence-electron chi connectivity index (χ0n) is 16.5. The number of nitrogens with one attached hydrogen (secondary N) is 1. The highest BCUT2D eigenvalue weighted by atomic mass is 32.2. The SMILES string of the molecule is CCS(=O)(=O)Oc1ccc(CN(C(=O)Nc2ccc(OC)cc2)C(C)C)cc1. The maximum atomic E-state index is 12.7. The first kappa shape index (κ1) is 21.6. The highest BCUT2D eigenvalue weighted by Gasteiger charge is 2.18. The average Bonchev–Trinajstić information content (AvgIpc) is 2.67. The van der Waals surface area contributed by atoms with Gasteiger partial charge >= 0.3 is 16.1 Å². The lowest BCUT2D eigenvalue weighted by molar-refractivity contribution is 0.193. The molecule has 0 spiro atoms. The third-order valence-corrected chi connectivity index (χ3v) is 5.23. The molecule has 0 aromatic heterocycles. The fourth-order valence-electron chi connectivity index (χ4n) is 2.41. The molecule has 2 rings (SSSR count). The van der Waals surface area contributed by atoms with Gasteiger partial charge in [-0.3, -0.25) is 0 Å². The number of benzene rings is 2. The van der Waals surface area contributed by atoms with Gasteiger partial charge in [0, 0.05) is 18.3 Å². The van der Waals surface area contributed by atoms with Crippen molar-refractivity contribution in [3.05, 3.63) is 54.1 Å². The van der Waals surface area contributed by atoms with Crippen LogP contribution in [0.1, 0.15) is 26.3 Å². The molecule has 0 heterocycles. The summed E-state index contributed by atoms with van der Waals surface area (Å²) in [4.78, 5) is 14.4. The van der Waals surface area contributed by atoms with Crippen LogP contribution in [0.3, 0.4) is 0 Å². The number of hydrogen-bond donors (Lipinski definition) is 1. The first-order valence-electron chi connectivity index (χ1n) is 8.97. The number of ether oxygens (including phenoxy) is 1. The minimum atomic E-state index is -3.56. The number of carbonyl (C=O) groups excluding carboxylic acids is 1. The minimum Gasteiger partial charge on any atom is -0.497 e. The molecule has 0 aliphatic rings. The maximum Gasteiger partial charge on any atom is 0.322 e. The monoisotopic (exact) mass is 406 g/mol. The van der Waals surface area contributed by atoms with Gasteiger partial charge < -0.3 is 19.1 Å². The van der Waals surface area contributed by atoms with Gasteiger partial charge in [0.25, 0.3) is 0 Å². The van der Waals surface area contributed by atoms with Crippen LogP contribution >= 0.6 is 0 Å². The van der Waals surface area contributed by atoms with Crippen LogP contribution in [0.2, 0.25) is 0 Å². The molecule has 0 atom stereocenters. The Morgan fingerprint density at radius 2 is 1.61 bits per heavy atom. The molecule has 0 aliphatic heterocycles. The quantitative estimate of drug-likeness (QED) is 0.673. The number of nitrogens with zero attached hydrogens (tertiary/aromatic N) is 1. The number of amides is 2. The maximum absolute atomic E-state index is 12.7. The third kappa shape index (κ3) is 6.16. The molecule has 0 radical (unpaired) electrons. The molecule has 0 fully saturated rings. The zero-order valence-corrected chi connectivity index (χ0v) is 17.3. The molecular formula is C20H26N2O5S. The van der Waals surface area contributed by atoms with Gasteiger partial charge in [-0.2, -0.15) is 8.42 Å². The summed E-state index contributed by atoms with van der Waals surface area (Å²) in [6, 6.07) is 13.5. The second-order valence-corrected chi connectivity index (χ2v) is 8.31. The predicted molar refractivity (Wildman–Crippen MR) is 109 cm³/mol. The van der Waals surface area contributed by atoms with Crippen LogP contribution in [0.4, 0.5) is 10.5 Å². The van der Waals surface area contributed by atoms with E-state index in [0.29, 0.717) is 18.0 Å². The lowest BCUT2D eigenvalue weighted by Crippen LogP contribution is -2.39. The molecule has 8 heteroatoms. The van der Waals surface area contributed by atoms with Crippen LogP contribution in [0.5, 0.6) is 11.5 Å². The lowest BCUT2D eigenvalue weighted by atomic mass is 10.2. The van der Waals surface area contributed by atoms with Crippen LogP contribution in [-0.2, 0) is 16.7 Å². The van der Waals surface area contributed by atoms with E-state index in [-0.39, 0.29) is 23.6 Å². The van der Waals surface area contributed by atoms with E-state index in [1.807, 2.05) is 13.8 Å². The summed E-state index contributed by atoms with van der Waals surface area (Å²) in [5.41, 5.74) is 1.53. The molecule has 7 nitrogen and oxygen atoms in total. The van der Waals surface area contributed by atoms with E-state index in [2.05, 4.69) is 5.32 Å². The Balaban J connectivity index is 2.06. The van der Waals surface area contributed by atoms with Crippen molar-refractivity contribution in [2.45, 2.75) is 33.4 Å². The second kappa shape index (κ2) is 9.45. The Bertz CT molecular complexity index is 878. The molecule has 2 amide bonds. The van der Waals surface area contributed by atoms with E-state index >= 15 is 0 Å². The Labute approximate surface area is 166 Å². The van der Waals surface area contributed by atoms with Gasteiger partial charge in [-0.15, -0.1) is 0 Å². The van der Waals surface area contributed by atoms with Gasteiger partial charge in [-0.1, -0.05) is 12.1 Å². The van der Waals surface area contributed by atoms with Crippen molar-refractivity contribution < 1.29 is 22.1 Å². The topological polar surface area (TPSA) is 84.9 Å². The number of carbonyl (C=O) groups is 1. The highest BCUT2D eigenvalue weighted by Crippen LogP contribution is 2.19. The fraction of sp³-hybridized carbons (Fsp3) is 0.350. The van der Waals surface area contributed by atoms with Crippen LogP contribution in [0.25, 0.3) is 0 Å². The van der Waals surface area contributed by atoms with Crippen molar-refractivity contribution in [2.24, 2.45) is 0 Å². The van der Waals surface area contributed by atoms with Gasteiger partial charge in [0.2, 0.25) is 0 Å². The van der Waals surface area contributed by atoms with E-state index < -0.39 is 10.1 Å². The molecule has 152 valence electrons. The van der Waals surface area contributed by atoms with Crippen molar-refractivity contribution in [1.29, 1.82) is 0 Å². The van der Waals surface area contributed by atoms with Gasteiger partial charge in [-0.05, 0) is 62.7 Å². The Morgan fingerprint density at radius 1 is 1.04 bits per heavy atom. The normalized spacial score (nSPS) is 11.2. The van der Waals surface area contributed by atoms with E-state index in [1.54, 1.807) is 60.5 Å². The van der Waals surface area contributed by atoms with Gasteiger partial charge in [-0.25, -0.2) is 4.79 Å². The average molecular weight is 407 g/mol. The highest BCUT2D eigenvalue weighted by molar-refractivity contribution is 7.87. The lowest BCUT2D eigenvalue weighted by Gasteiger charge is -2.27. The number of rotatable bonds is 8. The molecule has 0 unspecified atom stereocenters. The fourth-order valence-corrected chi connectivity index (χ4v) is 2.93. The second-order valence-electron chi connectivity index (χ2n) is 6.45. The molecule has 2 aromatic rings. The smallest absolute Gasteiger partial charge is 0.322 e. The molecule has 0 saturated carbocycles. The standard InChI is InChI=1S/C20H26N2O5S/c1-5-28(24,25)27-19-10-6-16(7-11-19)14-22(15(2)3)20(23)21-17-8-12-18(26-4)13-9-17/h6-13,15H,5,14H2,1-4H3,(H,21,23). The van der Waals surface area contributed by atoms with Crippen molar-refractivity contribution in [1.82, 2.24) is 4.90 Å². The van der Waals surface area contributed by atoms with Crippen LogP contribution in [0, 0.1) is 0 Å². The van der Waals surface area contributed by atoms with Crippen molar-refractivity contribution in [3.63, 3.8) is 0 Å². The van der Waals surface area contributed by atoms with Gasteiger partial charge in [0.15, 0.2) is 0 Å². The van der Waals surface area contributed by atoms with Gasteiger partial charge in [0.1, 0.15) is 11.5 Å². The van der Waals surface area contributed by atoms with Crippen molar-refractivity contribution in [2.75, 3.05) is 18.2 Å². The van der Waals surface area contributed by atoms with E-state index in [9.17, 15) is 13.2 Å². The Hall–Kier alpha value is -2.74. The minimum absolute atomic E-state index is 0.0327. The number of hydrogen-bond acceptors (Lipinski definition) is 5. The van der Waals surface area contributed by atoms with Crippen molar-refractivity contribution in [3.8, 4) is 11.5 Å². The molecular weight excluding hydrogens is 380 g/mol. The molecule has 0 bridgehead atoms. The summed E-state index contributed by atoms with van der Waals surface area (Å²) in [5, 5.41) is 2.87. The van der Waals surface area contributed by atoms with E-state index in [0.717, 1.165) is 5.56 Å². The summed E-state index contributed by atoms with van der Waals surface area (Å²) < 4.78 is 33.2. The summed E-state index contributed by atoms with van der Waals surface area (Å²) in [6.45, 7) is 5.75.